The lowest BCUT2D eigenvalue weighted by Gasteiger charge is -2.25. The van der Waals surface area contributed by atoms with Gasteiger partial charge in [-0.15, -0.1) is 0 Å². The van der Waals surface area contributed by atoms with Crippen molar-refractivity contribution in [3.05, 3.63) is 22.8 Å². The Morgan fingerprint density at radius 2 is 2.05 bits per heavy atom. The molecule has 104 valence electrons. The molecule has 1 aliphatic carbocycles. The molecule has 0 saturated heterocycles. The van der Waals surface area contributed by atoms with Gasteiger partial charge < -0.3 is 8.14 Å². The second-order valence-corrected chi connectivity index (χ2v) is 6.92. The van der Waals surface area contributed by atoms with Crippen molar-refractivity contribution < 1.29 is 5.02 Å². The van der Waals surface area contributed by atoms with Gasteiger partial charge in [0.15, 0.2) is 0 Å². The average molecular weight is 371 g/mol. The Morgan fingerprint density at radius 1 is 1.42 bits per heavy atom. The van der Waals surface area contributed by atoms with Crippen molar-refractivity contribution >= 4 is 40.9 Å². The topological polar surface area (TPSA) is 23.5 Å². The highest BCUT2D eigenvalue weighted by Gasteiger charge is 2.26. The van der Waals surface area contributed by atoms with Crippen molar-refractivity contribution in [3.8, 4) is 0 Å². The predicted octanol–water partition coefficient (Wildman–Crippen LogP) is 3.25. The molecule has 19 heavy (non-hydrogen) atoms. The molecule has 0 unspecified atom stereocenters. The third kappa shape index (κ3) is 3.27. The lowest BCUT2D eigenvalue weighted by molar-refractivity contribution is 0.593. The molecule has 1 saturated carbocycles. The molecular weight excluding hydrogens is 348 g/mol. The van der Waals surface area contributed by atoms with E-state index in [4.69, 9.17) is 0 Å². The van der Waals surface area contributed by atoms with Crippen LogP contribution in [0.25, 0.3) is 0 Å². The summed E-state index contributed by atoms with van der Waals surface area (Å²) in [5.41, 5.74) is 6.29. The van der Waals surface area contributed by atoms with Crippen molar-refractivity contribution in [2.24, 2.45) is 5.92 Å². The summed E-state index contributed by atoms with van der Waals surface area (Å²) < 4.78 is 2.35. The first-order valence-corrected chi connectivity index (χ1v) is 8.16. The molecule has 0 atom stereocenters. The van der Waals surface area contributed by atoms with E-state index in [0.29, 0.717) is 0 Å². The second kappa shape index (κ2) is 6.04. The zero-order chi connectivity index (χ0) is 14.2. The highest BCUT2D eigenvalue weighted by molar-refractivity contribution is 14.1. The van der Waals surface area contributed by atoms with Crippen LogP contribution < -0.4 is 8.58 Å². The van der Waals surface area contributed by atoms with E-state index in [2.05, 4.69) is 52.8 Å². The minimum atomic E-state index is -0.389. The monoisotopic (exact) mass is 371 g/mol. The fraction of sp³-hybridized carbons (Fsp3) is 0.600. The fourth-order valence-electron chi connectivity index (χ4n) is 2.94. The Morgan fingerprint density at radius 3 is 2.53 bits per heavy atom. The molecule has 0 radical (unpaired) electrons. The van der Waals surface area contributed by atoms with Crippen LogP contribution in [0.4, 0.5) is 5.69 Å². The minimum absolute atomic E-state index is 0.389. The van der Waals surface area contributed by atoms with E-state index in [1.165, 1.54) is 35.2 Å². The Bertz CT molecular complexity index is 472. The molecule has 0 bridgehead atoms. The molecule has 0 spiro atoms. The summed E-state index contributed by atoms with van der Waals surface area (Å²) >= 11 is 2.43. The van der Waals surface area contributed by atoms with Gasteiger partial charge in [0.2, 0.25) is 0 Å². The lowest BCUT2D eigenvalue weighted by Crippen LogP contribution is -2.34. The zero-order valence-corrected chi connectivity index (χ0v) is 14.5. The Labute approximate surface area is 131 Å². The summed E-state index contributed by atoms with van der Waals surface area (Å²) in [5, 5.41) is 10.1. The number of halogens is 1. The Hall–Kier alpha value is -0.225. The normalized spacial score (nSPS) is 14.6. The molecule has 2 rings (SSSR count). The number of hydrogen-bond acceptors (Lipinski definition) is 2. The van der Waals surface area contributed by atoms with Gasteiger partial charge in [0.1, 0.15) is 0 Å². The van der Waals surface area contributed by atoms with Crippen LogP contribution in [0.15, 0.2) is 6.07 Å². The first kappa shape index (κ1) is 15.2. The summed E-state index contributed by atoms with van der Waals surface area (Å²) in [6.45, 7) is 9.12. The minimum Gasteiger partial charge on any atom is -0.446 e. The van der Waals surface area contributed by atoms with Crippen molar-refractivity contribution in [1.29, 1.82) is 0 Å². The molecule has 4 heteroatoms. The number of aryl methyl sites for hydroxylation is 2. The van der Waals surface area contributed by atoms with Gasteiger partial charge in [0.25, 0.3) is 0 Å². The van der Waals surface area contributed by atoms with Gasteiger partial charge in [-0.1, -0.05) is 25.4 Å². The molecular formula is C15H23BINO. The van der Waals surface area contributed by atoms with E-state index in [1.807, 2.05) is 6.82 Å². The van der Waals surface area contributed by atoms with E-state index >= 15 is 0 Å². The molecule has 2 nitrogen and oxygen atoms in total. The number of anilines is 1. The van der Waals surface area contributed by atoms with E-state index in [9.17, 15) is 5.02 Å². The highest BCUT2D eigenvalue weighted by atomic mass is 127. The third-order valence-corrected chi connectivity index (χ3v) is 4.90. The molecule has 0 heterocycles. The Kier molecular flexibility index (Phi) is 4.82. The van der Waals surface area contributed by atoms with Crippen molar-refractivity contribution in [2.75, 3.05) is 9.66 Å². The summed E-state index contributed by atoms with van der Waals surface area (Å²) in [5.74, 6) is 0.872. The van der Waals surface area contributed by atoms with Crippen LogP contribution in [0.2, 0.25) is 6.82 Å². The van der Waals surface area contributed by atoms with Gasteiger partial charge >= 0.3 is 6.92 Å². The Balaban J connectivity index is 2.44. The van der Waals surface area contributed by atoms with E-state index < -0.39 is 0 Å². The third-order valence-electron chi connectivity index (χ3n) is 4.03. The average Bonchev–Trinajstić information content (AvgIpc) is 3.11. The first-order chi connectivity index (χ1) is 8.95. The van der Waals surface area contributed by atoms with Crippen LogP contribution in [0.5, 0.6) is 0 Å². The standard InChI is InChI=1S/C15H23BINO/c1-5-13-8-10(2)15(11(3)14(13)16(4)19)18(17)9-12-6-7-12/h8,12,19H,5-7,9H2,1-4H3. The molecule has 0 aliphatic heterocycles. The van der Waals surface area contributed by atoms with Crippen molar-refractivity contribution in [2.45, 2.75) is 46.9 Å². The SMILES string of the molecule is CCc1cc(C)c(N(I)CC2CC2)c(C)c1B(C)O. The fourth-order valence-corrected chi connectivity index (χ4v) is 4.24. The largest absolute Gasteiger partial charge is 0.446 e. The number of nitrogens with zero attached hydrogens (tertiary/aromatic N) is 1. The van der Waals surface area contributed by atoms with Crippen LogP contribution in [-0.4, -0.2) is 18.5 Å². The van der Waals surface area contributed by atoms with Gasteiger partial charge in [-0.2, -0.15) is 0 Å². The van der Waals surface area contributed by atoms with E-state index in [-0.39, 0.29) is 6.92 Å². The maximum absolute atomic E-state index is 10.1. The van der Waals surface area contributed by atoms with Crippen LogP contribution in [0.3, 0.4) is 0 Å². The van der Waals surface area contributed by atoms with Crippen molar-refractivity contribution in [1.82, 2.24) is 0 Å². The molecule has 0 amide bonds. The van der Waals surface area contributed by atoms with Crippen LogP contribution >= 0.6 is 22.9 Å². The van der Waals surface area contributed by atoms with Gasteiger partial charge in [-0.3, -0.25) is 0 Å². The number of rotatable bonds is 5. The number of hydrogen-bond donors (Lipinski definition) is 1. The van der Waals surface area contributed by atoms with E-state index in [0.717, 1.165) is 24.3 Å². The highest BCUT2D eigenvalue weighted by Crippen LogP contribution is 2.35. The first-order valence-electron chi connectivity index (χ1n) is 7.20. The molecule has 1 N–H and O–H groups in total. The molecule has 1 aliphatic rings. The van der Waals surface area contributed by atoms with Crippen LogP contribution in [0, 0.1) is 19.8 Å². The number of benzene rings is 1. The molecule has 1 aromatic rings. The van der Waals surface area contributed by atoms with E-state index in [1.54, 1.807) is 0 Å². The maximum atomic E-state index is 10.1. The molecule has 1 fully saturated rings. The summed E-state index contributed by atoms with van der Waals surface area (Å²) in [6.07, 6.45) is 3.72. The van der Waals surface area contributed by atoms with Gasteiger partial charge in [-0.25, -0.2) is 0 Å². The lowest BCUT2D eigenvalue weighted by atomic mass is 9.60. The molecule has 1 aromatic carbocycles. The van der Waals surface area contributed by atoms with Gasteiger partial charge in [0, 0.05) is 6.54 Å². The second-order valence-electron chi connectivity index (χ2n) is 5.76. The molecule has 0 aromatic heterocycles. The summed E-state index contributed by atoms with van der Waals surface area (Å²) in [4.78, 5) is 0. The van der Waals surface area contributed by atoms with Crippen LogP contribution in [-0.2, 0) is 6.42 Å². The quantitative estimate of drug-likeness (QED) is 0.488. The van der Waals surface area contributed by atoms with Gasteiger partial charge in [-0.05, 0) is 55.6 Å². The zero-order valence-electron chi connectivity index (χ0n) is 12.3. The van der Waals surface area contributed by atoms with Gasteiger partial charge in [0.05, 0.1) is 28.6 Å². The van der Waals surface area contributed by atoms with Crippen LogP contribution in [0.1, 0.15) is 36.5 Å². The van der Waals surface area contributed by atoms with Crippen molar-refractivity contribution in [3.63, 3.8) is 0 Å². The summed E-state index contributed by atoms with van der Waals surface area (Å²) in [6, 6.07) is 2.25. The smallest absolute Gasteiger partial charge is 0.321 e. The predicted molar refractivity (Wildman–Crippen MR) is 92.9 cm³/mol. The maximum Gasteiger partial charge on any atom is 0.321 e. The summed E-state index contributed by atoms with van der Waals surface area (Å²) in [7, 11) is 0.